The zero-order valence-electron chi connectivity index (χ0n) is 14.2. The smallest absolute Gasteiger partial charge is 0.277 e. The minimum absolute atomic E-state index is 0.0688. The van der Waals surface area contributed by atoms with Crippen molar-refractivity contribution < 1.29 is 13.2 Å². The standard InChI is InChI=1S/C16H27N3O3S/c1-13-5-4-8-16(2,3)14(13)6-7-15(20)18-9-11-19(12-10-18)23(17,21)22/h6-7H,4-5,8-12H2,1-3H3,(H2,17,21,22)/b7-6+. The Bertz CT molecular complexity index is 627. The molecule has 0 unspecified atom stereocenters. The van der Waals surface area contributed by atoms with Crippen LogP contribution in [0.3, 0.4) is 0 Å². The Labute approximate surface area is 139 Å². The van der Waals surface area contributed by atoms with Gasteiger partial charge in [-0.05, 0) is 37.2 Å². The summed E-state index contributed by atoms with van der Waals surface area (Å²) in [5.74, 6) is -0.0688. The molecule has 7 heteroatoms. The maximum absolute atomic E-state index is 12.3. The van der Waals surface area contributed by atoms with E-state index in [2.05, 4.69) is 20.8 Å². The van der Waals surface area contributed by atoms with Crippen molar-refractivity contribution in [2.75, 3.05) is 26.2 Å². The van der Waals surface area contributed by atoms with Gasteiger partial charge in [-0.2, -0.15) is 12.7 Å². The molecule has 0 aromatic carbocycles. The van der Waals surface area contributed by atoms with Crippen molar-refractivity contribution in [1.82, 2.24) is 9.21 Å². The zero-order valence-corrected chi connectivity index (χ0v) is 15.0. The van der Waals surface area contributed by atoms with E-state index < -0.39 is 10.2 Å². The average Bonchev–Trinajstić information content (AvgIpc) is 2.45. The van der Waals surface area contributed by atoms with E-state index in [0.29, 0.717) is 13.1 Å². The van der Waals surface area contributed by atoms with Crippen molar-refractivity contribution in [2.45, 2.75) is 40.0 Å². The number of rotatable bonds is 3. The van der Waals surface area contributed by atoms with Gasteiger partial charge in [0.2, 0.25) is 5.91 Å². The maximum atomic E-state index is 12.3. The van der Waals surface area contributed by atoms with Crippen molar-refractivity contribution in [3.05, 3.63) is 23.3 Å². The monoisotopic (exact) mass is 341 g/mol. The maximum Gasteiger partial charge on any atom is 0.277 e. The van der Waals surface area contributed by atoms with Crippen molar-refractivity contribution >= 4 is 16.1 Å². The molecule has 2 rings (SSSR count). The van der Waals surface area contributed by atoms with Crippen LogP contribution in [0.4, 0.5) is 0 Å². The van der Waals surface area contributed by atoms with Gasteiger partial charge in [0.1, 0.15) is 0 Å². The summed E-state index contributed by atoms with van der Waals surface area (Å²) in [6.07, 6.45) is 6.98. The lowest BCUT2D eigenvalue weighted by Gasteiger charge is -2.34. The van der Waals surface area contributed by atoms with E-state index in [1.165, 1.54) is 21.9 Å². The summed E-state index contributed by atoms with van der Waals surface area (Å²) in [4.78, 5) is 14.0. The lowest BCUT2D eigenvalue weighted by atomic mass is 9.72. The molecule has 2 aliphatic rings. The van der Waals surface area contributed by atoms with E-state index in [1.54, 1.807) is 11.0 Å². The van der Waals surface area contributed by atoms with E-state index in [9.17, 15) is 13.2 Å². The third kappa shape index (κ3) is 4.43. The van der Waals surface area contributed by atoms with Gasteiger partial charge in [-0.15, -0.1) is 0 Å². The molecule has 1 fully saturated rings. The number of amides is 1. The van der Waals surface area contributed by atoms with Gasteiger partial charge in [-0.25, -0.2) is 5.14 Å². The van der Waals surface area contributed by atoms with Gasteiger partial charge >= 0.3 is 0 Å². The second-order valence-electron chi connectivity index (χ2n) is 7.03. The molecule has 0 saturated carbocycles. The van der Waals surface area contributed by atoms with Gasteiger partial charge in [-0.3, -0.25) is 4.79 Å². The van der Waals surface area contributed by atoms with Crippen LogP contribution in [0.1, 0.15) is 40.0 Å². The van der Waals surface area contributed by atoms with E-state index in [-0.39, 0.29) is 24.4 Å². The summed E-state index contributed by atoms with van der Waals surface area (Å²) < 4.78 is 23.8. The van der Waals surface area contributed by atoms with Crippen molar-refractivity contribution in [3.8, 4) is 0 Å². The minimum Gasteiger partial charge on any atom is -0.337 e. The molecule has 1 amide bonds. The van der Waals surface area contributed by atoms with Crippen molar-refractivity contribution in [1.29, 1.82) is 0 Å². The van der Waals surface area contributed by atoms with Gasteiger partial charge in [0.15, 0.2) is 0 Å². The first-order valence-electron chi connectivity index (χ1n) is 8.06. The molecule has 0 bridgehead atoms. The quantitative estimate of drug-likeness (QED) is 0.788. The van der Waals surface area contributed by atoms with Crippen LogP contribution in [0.2, 0.25) is 0 Å². The van der Waals surface area contributed by atoms with Crippen molar-refractivity contribution in [2.24, 2.45) is 10.6 Å². The van der Waals surface area contributed by atoms with Crippen LogP contribution in [-0.4, -0.2) is 49.7 Å². The molecule has 0 radical (unpaired) electrons. The Morgan fingerprint density at radius 2 is 1.83 bits per heavy atom. The summed E-state index contributed by atoms with van der Waals surface area (Å²) in [5, 5.41) is 5.11. The molecule has 130 valence electrons. The lowest BCUT2D eigenvalue weighted by Crippen LogP contribution is -2.51. The second kappa shape index (κ2) is 6.75. The van der Waals surface area contributed by atoms with Crippen LogP contribution < -0.4 is 5.14 Å². The fourth-order valence-corrected chi connectivity index (χ4v) is 4.11. The number of carbonyl (C=O) groups is 1. The van der Waals surface area contributed by atoms with E-state index in [4.69, 9.17) is 5.14 Å². The van der Waals surface area contributed by atoms with Crippen LogP contribution in [-0.2, 0) is 15.0 Å². The predicted octanol–water partition coefficient (Wildman–Crippen LogP) is 1.42. The lowest BCUT2D eigenvalue weighted by molar-refractivity contribution is -0.127. The fourth-order valence-electron chi connectivity index (χ4n) is 3.43. The van der Waals surface area contributed by atoms with Gasteiger partial charge < -0.3 is 4.90 Å². The number of nitrogens with zero attached hydrogens (tertiary/aromatic N) is 2. The van der Waals surface area contributed by atoms with E-state index >= 15 is 0 Å². The molecule has 0 aromatic rings. The normalized spacial score (nSPS) is 23.6. The fraction of sp³-hybridized carbons (Fsp3) is 0.688. The molecule has 6 nitrogen and oxygen atoms in total. The highest BCUT2D eigenvalue weighted by molar-refractivity contribution is 7.86. The van der Waals surface area contributed by atoms with Crippen LogP contribution in [0.15, 0.2) is 23.3 Å². The summed E-state index contributed by atoms with van der Waals surface area (Å²) in [6, 6.07) is 0. The topological polar surface area (TPSA) is 83.7 Å². The average molecular weight is 341 g/mol. The molecule has 1 heterocycles. The summed E-state index contributed by atoms with van der Waals surface area (Å²) in [6.45, 7) is 7.82. The zero-order chi connectivity index (χ0) is 17.3. The number of carbonyl (C=O) groups excluding carboxylic acids is 1. The number of allylic oxidation sites excluding steroid dienone is 3. The van der Waals surface area contributed by atoms with Crippen molar-refractivity contribution in [3.63, 3.8) is 0 Å². The molecule has 0 aromatic heterocycles. The predicted molar refractivity (Wildman–Crippen MR) is 90.7 cm³/mol. The first-order valence-corrected chi connectivity index (χ1v) is 9.57. The Balaban J connectivity index is 2.00. The Kier molecular flexibility index (Phi) is 5.33. The van der Waals surface area contributed by atoms with Crippen LogP contribution in [0, 0.1) is 5.41 Å². The van der Waals surface area contributed by atoms with Gasteiger partial charge in [0, 0.05) is 32.3 Å². The van der Waals surface area contributed by atoms with Crippen LogP contribution in [0.5, 0.6) is 0 Å². The Hall–Kier alpha value is -1.18. The first-order chi connectivity index (χ1) is 10.6. The Morgan fingerprint density at radius 3 is 2.35 bits per heavy atom. The van der Waals surface area contributed by atoms with E-state index in [0.717, 1.165) is 12.8 Å². The number of piperazine rings is 1. The highest BCUT2D eigenvalue weighted by Gasteiger charge is 2.28. The molecule has 0 spiro atoms. The van der Waals surface area contributed by atoms with Crippen LogP contribution >= 0.6 is 0 Å². The van der Waals surface area contributed by atoms with Gasteiger partial charge in [-0.1, -0.05) is 25.5 Å². The third-order valence-electron chi connectivity index (χ3n) is 4.85. The molecule has 2 N–H and O–H groups in total. The number of nitrogens with two attached hydrogens (primary N) is 1. The number of hydrogen-bond donors (Lipinski definition) is 1. The van der Waals surface area contributed by atoms with Gasteiger partial charge in [0.05, 0.1) is 0 Å². The summed E-state index contributed by atoms with van der Waals surface area (Å²) in [5.41, 5.74) is 2.70. The molecule has 1 aliphatic heterocycles. The number of hydrogen-bond acceptors (Lipinski definition) is 3. The largest absolute Gasteiger partial charge is 0.337 e. The highest BCUT2D eigenvalue weighted by atomic mass is 32.2. The molecule has 23 heavy (non-hydrogen) atoms. The molecular weight excluding hydrogens is 314 g/mol. The molecular formula is C16H27N3O3S. The SMILES string of the molecule is CC1=C(/C=C/C(=O)N2CCN(S(N)(=O)=O)CC2)C(C)(C)CCC1. The third-order valence-corrected chi connectivity index (χ3v) is 5.93. The highest BCUT2D eigenvalue weighted by Crippen LogP contribution is 2.40. The second-order valence-corrected chi connectivity index (χ2v) is 8.58. The van der Waals surface area contributed by atoms with Gasteiger partial charge in [0.25, 0.3) is 10.2 Å². The first kappa shape index (κ1) is 18.2. The Morgan fingerprint density at radius 1 is 1.22 bits per heavy atom. The molecule has 0 atom stereocenters. The minimum atomic E-state index is -3.66. The summed E-state index contributed by atoms with van der Waals surface area (Å²) >= 11 is 0. The van der Waals surface area contributed by atoms with Crippen LogP contribution in [0.25, 0.3) is 0 Å². The summed E-state index contributed by atoms with van der Waals surface area (Å²) in [7, 11) is -3.66. The molecule has 1 aliphatic carbocycles. The van der Waals surface area contributed by atoms with E-state index in [1.807, 2.05) is 6.08 Å². The molecule has 1 saturated heterocycles.